The number of anilines is 1. The highest BCUT2D eigenvalue weighted by atomic mass is 79.9. The Morgan fingerprint density at radius 2 is 2.00 bits per heavy atom. The van der Waals surface area contributed by atoms with Crippen LogP contribution in [-0.4, -0.2) is 16.5 Å². The lowest BCUT2D eigenvalue weighted by Gasteiger charge is -2.13. The van der Waals surface area contributed by atoms with E-state index in [0.717, 1.165) is 41.9 Å². The second-order valence-corrected chi connectivity index (χ2v) is 4.72. The first-order valence-electron chi connectivity index (χ1n) is 5.99. The van der Waals surface area contributed by atoms with E-state index >= 15 is 0 Å². The maximum atomic E-state index is 4.58. The fourth-order valence-electron chi connectivity index (χ4n) is 1.60. The van der Waals surface area contributed by atoms with E-state index in [1.807, 2.05) is 6.20 Å². The summed E-state index contributed by atoms with van der Waals surface area (Å²) in [7, 11) is 0. The van der Waals surface area contributed by atoms with Crippen molar-refractivity contribution in [1.82, 2.24) is 9.97 Å². The quantitative estimate of drug-likeness (QED) is 0.860. The van der Waals surface area contributed by atoms with Crippen LogP contribution in [0.2, 0.25) is 0 Å². The zero-order valence-electron chi connectivity index (χ0n) is 10.3. The Bertz CT molecular complexity index is 324. The van der Waals surface area contributed by atoms with Gasteiger partial charge < -0.3 is 5.32 Å². The molecule has 0 aliphatic heterocycles. The monoisotopic (exact) mass is 285 g/mol. The molecular weight excluding hydrogens is 266 g/mol. The minimum Gasteiger partial charge on any atom is -0.369 e. The fraction of sp³-hybridized carbons (Fsp3) is 0.667. The third-order valence-electron chi connectivity index (χ3n) is 2.66. The second-order valence-electron chi connectivity index (χ2n) is 3.86. The molecule has 16 heavy (non-hydrogen) atoms. The van der Waals surface area contributed by atoms with Gasteiger partial charge in [-0.25, -0.2) is 9.97 Å². The number of halogens is 1. The van der Waals surface area contributed by atoms with Crippen molar-refractivity contribution >= 4 is 21.7 Å². The van der Waals surface area contributed by atoms with Crippen molar-refractivity contribution in [2.24, 2.45) is 0 Å². The molecule has 0 aliphatic rings. The van der Waals surface area contributed by atoms with Gasteiger partial charge in [-0.15, -0.1) is 0 Å². The van der Waals surface area contributed by atoms with Crippen LogP contribution in [-0.2, 0) is 0 Å². The molecule has 1 N–H and O–H groups in total. The topological polar surface area (TPSA) is 37.8 Å². The second kappa shape index (κ2) is 6.84. The van der Waals surface area contributed by atoms with Crippen LogP contribution in [0.3, 0.4) is 0 Å². The van der Waals surface area contributed by atoms with Crippen molar-refractivity contribution < 1.29 is 0 Å². The van der Waals surface area contributed by atoms with Crippen LogP contribution in [0.1, 0.15) is 51.8 Å². The molecule has 90 valence electrons. The lowest BCUT2D eigenvalue weighted by Crippen LogP contribution is -2.08. The van der Waals surface area contributed by atoms with Gasteiger partial charge in [0.2, 0.25) is 0 Å². The van der Waals surface area contributed by atoms with Gasteiger partial charge in [0, 0.05) is 18.7 Å². The van der Waals surface area contributed by atoms with E-state index < -0.39 is 0 Å². The summed E-state index contributed by atoms with van der Waals surface area (Å²) in [6.45, 7) is 7.44. The predicted molar refractivity (Wildman–Crippen MR) is 71.8 cm³/mol. The Hall–Kier alpha value is -0.640. The van der Waals surface area contributed by atoms with Crippen molar-refractivity contribution in [1.29, 1.82) is 0 Å². The molecule has 0 aromatic carbocycles. The number of aromatic nitrogens is 2. The standard InChI is InChI=1S/C12H20BrN3/c1-4-7-14-12-10(13)8-15-11(16-12)9(5-2)6-3/h8-9H,4-7H2,1-3H3,(H,14,15,16). The Kier molecular flexibility index (Phi) is 5.74. The van der Waals surface area contributed by atoms with Gasteiger partial charge in [0.1, 0.15) is 11.6 Å². The SMILES string of the molecule is CCCNc1nc(C(CC)CC)ncc1Br. The summed E-state index contributed by atoms with van der Waals surface area (Å²) in [5.74, 6) is 2.33. The molecule has 0 aliphatic carbocycles. The molecule has 0 radical (unpaired) electrons. The summed E-state index contributed by atoms with van der Waals surface area (Å²) in [4.78, 5) is 8.97. The van der Waals surface area contributed by atoms with Crippen LogP contribution in [0, 0.1) is 0 Å². The Morgan fingerprint density at radius 1 is 1.31 bits per heavy atom. The molecule has 0 saturated carbocycles. The lowest BCUT2D eigenvalue weighted by molar-refractivity contribution is 0.601. The smallest absolute Gasteiger partial charge is 0.144 e. The summed E-state index contributed by atoms with van der Waals surface area (Å²) in [5.41, 5.74) is 0. The predicted octanol–water partition coefficient (Wildman–Crippen LogP) is 3.96. The van der Waals surface area contributed by atoms with Gasteiger partial charge in [-0.05, 0) is 35.2 Å². The zero-order chi connectivity index (χ0) is 12.0. The normalized spacial score (nSPS) is 10.8. The van der Waals surface area contributed by atoms with Gasteiger partial charge in [0.25, 0.3) is 0 Å². The molecular formula is C12H20BrN3. The van der Waals surface area contributed by atoms with Crippen LogP contribution >= 0.6 is 15.9 Å². The Balaban J connectivity index is 2.87. The summed E-state index contributed by atoms with van der Waals surface area (Å²) >= 11 is 3.47. The minimum atomic E-state index is 0.468. The first kappa shape index (κ1) is 13.4. The highest BCUT2D eigenvalue weighted by Gasteiger charge is 2.12. The van der Waals surface area contributed by atoms with E-state index in [0.29, 0.717) is 5.92 Å². The number of rotatable bonds is 6. The van der Waals surface area contributed by atoms with Crippen molar-refractivity contribution in [2.75, 3.05) is 11.9 Å². The highest BCUT2D eigenvalue weighted by Crippen LogP contribution is 2.24. The van der Waals surface area contributed by atoms with Gasteiger partial charge in [-0.3, -0.25) is 0 Å². The molecule has 0 spiro atoms. The van der Waals surface area contributed by atoms with Crippen LogP contribution < -0.4 is 5.32 Å². The van der Waals surface area contributed by atoms with E-state index in [1.165, 1.54) is 0 Å². The van der Waals surface area contributed by atoms with Gasteiger partial charge >= 0.3 is 0 Å². The number of nitrogens with zero attached hydrogens (tertiary/aromatic N) is 2. The number of nitrogens with one attached hydrogen (secondary N) is 1. The van der Waals surface area contributed by atoms with Crippen LogP contribution in [0.5, 0.6) is 0 Å². The summed E-state index contributed by atoms with van der Waals surface area (Å²) in [6.07, 6.45) is 5.12. The van der Waals surface area contributed by atoms with Crippen molar-refractivity contribution in [2.45, 2.75) is 46.0 Å². The summed E-state index contributed by atoms with van der Waals surface area (Å²) < 4.78 is 0.940. The van der Waals surface area contributed by atoms with E-state index in [9.17, 15) is 0 Å². The van der Waals surface area contributed by atoms with E-state index in [-0.39, 0.29) is 0 Å². The maximum Gasteiger partial charge on any atom is 0.144 e. The average molecular weight is 286 g/mol. The molecule has 0 atom stereocenters. The van der Waals surface area contributed by atoms with E-state index in [4.69, 9.17) is 0 Å². The van der Waals surface area contributed by atoms with Gasteiger partial charge in [0.05, 0.1) is 4.47 Å². The van der Waals surface area contributed by atoms with Gasteiger partial charge in [-0.1, -0.05) is 20.8 Å². The van der Waals surface area contributed by atoms with E-state index in [2.05, 4.69) is 52.0 Å². The molecule has 4 heteroatoms. The minimum absolute atomic E-state index is 0.468. The number of hydrogen-bond donors (Lipinski definition) is 1. The number of hydrogen-bond acceptors (Lipinski definition) is 3. The lowest BCUT2D eigenvalue weighted by atomic mass is 10.0. The molecule has 1 aromatic heterocycles. The molecule has 0 saturated heterocycles. The van der Waals surface area contributed by atoms with Crippen molar-refractivity contribution in [3.63, 3.8) is 0 Å². The maximum absolute atomic E-state index is 4.58. The first-order valence-corrected chi connectivity index (χ1v) is 6.78. The molecule has 0 fully saturated rings. The highest BCUT2D eigenvalue weighted by molar-refractivity contribution is 9.10. The first-order chi connectivity index (χ1) is 7.72. The summed E-state index contributed by atoms with van der Waals surface area (Å²) in [5, 5.41) is 3.31. The van der Waals surface area contributed by atoms with Crippen LogP contribution in [0.15, 0.2) is 10.7 Å². The molecule has 0 unspecified atom stereocenters. The molecule has 0 amide bonds. The Labute approximate surface area is 106 Å². The van der Waals surface area contributed by atoms with Crippen LogP contribution in [0.4, 0.5) is 5.82 Å². The molecule has 1 rings (SSSR count). The van der Waals surface area contributed by atoms with Gasteiger partial charge in [-0.2, -0.15) is 0 Å². The molecule has 3 nitrogen and oxygen atoms in total. The third kappa shape index (κ3) is 3.44. The molecule has 1 heterocycles. The average Bonchev–Trinajstić information content (AvgIpc) is 2.31. The van der Waals surface area contributed by atoms with E-state index in [1.54, 1.807) is 0 Å². The van der Waals surface area contributed by atoms with Crippen LogP contribution in [0.25, 0.3) is 0 Å². The third-order valence-corrected chi connectivity index (χ3v) is 3.24. The van der Waals surface area contributed by atoms with Crippen molar-refractivity contribution in [3.8, 4) is 0 Å². The summed E-state index contributed by atoms with van der Waals surface area (Å²) in [6, 6.07) is 0. The zero-order valence-corrected chi connectivity index (χ0v) is 11.8. The Morgan fingerprint density at radius 3 is 2.56 bits per heavy atom. The molecule has 0 bridgehead atoms. The largest absolute Gasteiger partial charge is 0.369 e. The van der Waals surface area contributed by atoms with Gasteiger partial charge in [0.15, 0.2) is 0 Å². The van der Waals surface area contributed by atoms with Crippen molar-refractivity contribution in [3.05, 3.63) is 16.5 Å². The fourth-order valence-corrected chi connectivity index (χ4v) is 1.93. The molecule has 1 aromatic rings.